The summed E-state index contributed by atoms with van der Waals surface area (Å²) in [6.07, 6.45) is -2.27. The molecule has 47 heavy (non-hydrogen) atoms. The third-order valence-electron chi connectivity index (χ3n) is 10.4. The number of halogens is 3. The van der Waals surface area contributed by atoms with Crippen LogP contribution in [0.1, 0.15) is 43.7 Å². The van der Waals surface area contributed by atoms with Gasteiger partial charge in [0, 0.05) is 11.5 Å². The van der Waals surface area contributed by atoms with Gasteiger partial charge in [0.2, 0.25) is 23.6 Å². The molecule has 242 valence electrons. The van der Waals surface area contributed by atoms with Gasteiger partial charge in [-0.1, -0.05) is 48.9 Å². The molecule has 7 rings (SSSR count). The Kier molecular flexibility index (Phi) is 7.07. The van der Waals surface area contributed by atoms with Crippen LogP contribution in [-0.2, 0) is 25.6 Å². The van der Waals surface area contributed by atoms with Gasteiger partial charge in [-0.05, 0) is 80.1 Å². The Bertz CT molecular complexity index is 1840. The number of hydrogen-bond acceptors (Lipinski definition) is 6. The standard InChI is InChI=1S/C36H31F3N2O6/c1-3-19-9-11-21(12-10-19)40-31(43)24-15-14-23-25(29(24)33(40)45)18-27-32(44)41(20-7-5-4-6-8-20)34(46)35(27,2)30(23)26-17-22(13-16-28(26)42)47-36(37,38)39/h4-14,16-17,24-25,27,29-30,42H,3,15,18H2,1-2H3/t24-,25+,27-,29-,30+,35+/m0/s1. The monoisotopic (exact) mass is 644 g/mol. The van der Waals surface area contributed by atoms with Gasteiger partial charge in [0.1, 0.15) is 11.5 Å². The van der Waals surface area contributed by atoms with E-state index in [1.54, 1.807) is 55.5 Å². The Morgan fingerprint density at radius 2 is 1.55 bits per heavy atom. The maximum absolute atomic E-state index is 14.4. The van der Waals surface area contributed by atoms with Crippen molar-refractivity contribution in [3.8, 4) is 11.5 Å². The minimum atomic E-state index is -5.02. The average molecular weight is 645 g/mol. The van der Waals surface area contributed by atoms with Crippen LogP contribution in [0.25, 0.3) is 0 Å². The summed E-state index contributed by atoms with van der Waals surface area (Å²) >= 11 is 0. The molecular formula is C36H31F3N2O6. The number of hydrogen-bond donors (Lipinski definition) is 1. The molecule has 3 aromatic carbocycles. The number of alkyl halides is 3. The molecule has 0 unspecified atom stereocenters. The zero-order chi connectivity index (χ0) is 33.4. The van der Waals surface area contributed by atoms with Gasteiger partial charge in [0.05, 0.1) is 34.5 Å². The van der Waals surface area contributed by atoms with Gasteiger partial charge in [-0.3, -0.25) is 24.1 Å². The number of benzene rings is 3. The molecule has 4 amide bonds. The van der Waals surface area contributed by atoms with Crippen molar-refractivity contribution in [3.63, 3.8) is 0 Å². The highest BCUT2D eigenvalue weighted by molar-refractivity contribution is 6.25. The summed E-state index contributed by atoms with van der Waals surface area (Å²) in [7, 11) is 0. The molecule has 2 aliphatic carbocycles. The zero-order valence-electron chi connectivity index (χ0n) is 25.5. The molecule has 3 fully saturated rings. The Hall–Kier alpha value is -4.93. The van der Waals surface area contributed by atoms with E-state index in [9.17, 15) is 37.5 Å². The van der Waals surface area contributed by atoms with Gasteiger partial charge in [0.25, 0.3) is 0 Å². The van der Waals surface area contributed by atoms with Crippen molar-refractivity contribution in [3.05, 3.63) is 95.6 Å². The number of fused-ring (bicyclic) bond motifs is 4. The fourth-order valence-electron chi connectivity index (χ4n) is 8.28. The quantitative estimate of drug-likeness (QED) is 0.259. The van der Waals surface area contributed by atoms with E-state index in [1.165, 1.54) is 4.90 Å². The van der Waals surface area contributed by atoms with Gasteiger partial charge >= 0.3 is 6.36 Å². The number of imide groups is 2. The Morgan fingerprint density at radius 3 is 2.21 bits per heavy atom. The van der Waals surface area contributed by atoms with Gasteiger partial charge < -0.3 is 9.84 Å². The Morgan fingerprint density at radius 1 is 0.872 bits per heavy atom. The first-order valence-corrected chi connectivity index (χ1v) is 15.5. The van der Waals surface area contributed by atoms with Crippen molar-refractivity contribution >= 4 is 35.0 Å². The van der Waals surface area contributed by atoms with Crippen LogP contribution in [0.15, 0.2) is 84.4 Å². The van der Waals surface area contributed by atoms with E-state index in [2.05, 4.69) is 4.74 Å². The van der Waals surface area contributed by atoms with Crippen molar-refractivity contribution in [1.82, 2.24) is 0 Å². The Labute approximate surface area is 268 Å². The van der Waals surface area contributed by atoms with Gasteiger partial charge in [-0.2, -0.15) is 0 Å². The lowest BCUT2D eigenvalue weighted by Crippen LogP contribution is -2.49. The largest absolute Gasteiger partial charge is 0.573 e. The molecule has 11 heteroatoms. The lowest BCUT2D eigenvalue weighted by atomic mass is 9.51. The third kappa shape index (κ3) is 4.65. The predicted octanol–water partition coefficient (Wildman–Crippen LogP) is 6.29. The molecule has 0 radical (unpaired) electrons. The second-order valence-corrected chi connectivity index (χ2v) is 12.8. The van der Waals surface area contributed by atoms with Crippen LogP contribution in [0.4, 0.5) is 24.5 Å². The summed E-state index contributed by atoms with van der Waals surface area (Å²) in [6, 6.07) is 18.5. The number of carbonyl (C=O) groups excluding carboxylic acids is 4. The van der Waals surface area contributed by atoms with Crippen LogP contribution < -0.4 is 14.5 Å². The molecule has 6 atom stereocenters. The highest BCUT2D eigenvalue weighted by atomic mass is 19.4. The number of amides is 4. The topological polar surface area (TPSA) is 104 Å². The van der Waals surface area contributed by atoms with Crippen LogP contribution in [0.5, 0.6) is 11.5 Å². The first-order chi connectivity index (χ1) is 22.3. The summed E-state index contributed by atoms with van der Waals surface area (Å²) in [6.45, 7) is 3.58. The summed E-state index contributed by atoms with van der Waals surface area (Å²) in [4.78, 5) is 58.9. The molecule has 8 nitrogen and oxygen atoms in total. The third-order valence-corrected chi connectivity index (χ3v) is 10.4. The molecule has 2 aliphatic heterocycles. The van der Waals surface area contributed by atoms with Crippen molar-refractivity contribution in [2.24, 2.45) is 29.1 Å². The number of rotatable bonds is 5. The molecule has 0 spiro atoms. The van der Waals surface area contributed by atoms with E-state index in [1.807, 2.05) is 19.1 Å². The fourth-order valence-corrected chi connectivity index (χ4v) is 8.28. The van der Waals surface area contributed by atoms with Gasteiger partial charge in [0.15, 0.2) is 0 Å². The maximum atomic E-state index is 14.4. The number of aromatic hydroxyl groups is 1. The first-order valence-electron chi connectivity index (χ1n) is 15.5. The Balaban J connectivity index is 1.37. The number of ether oxygens (including phenoxy) is 1. The molecule has 3 aromatic rings. The van der Waals surface area contributed by atoms with E-state index in [0.29, 0.717) is 16.9 Å². The summed E-state index contributed by atoms with van der Waals surface area (Å²) in [5, 5.41) is 11.2. The zero-order valence-corrected chi connectivity index (χ0v) is 25.5. The highest BCUT2D eigenvalue weighted by Gasteiger charge is 2.68. The van der Waals surface area contributed by atoms with Gasteiger partial charge in [-0.15, -0.1) is 13.2 Å². The molecule has 1 N–H and O–H groups in total. The molecule has 1 saturated carbocycles. The van der Waals surface area contributed by atoms with Crippen molar-refractivity contribution in [2.75, 3.05) is 9.80 Å². The van der Waals surface area contributed by atoms with Crippen LogP contribution in [0.3, 0.4) is 0 Å². The predicted molar refractivity (Wildman–Crippen MR) is 164 cm³/mol. The molecular weight excluding hydrogens is 613 g/mol. The minimum Gasteiger partial charge on any atom is -0.508 e. The van der Waals surface area contributed by atoms with Crippen molar-refractivity contribution in [2.45, 2.75) is 45.4 Å². The van der Waals surface area contributed by atoms with Crippen LogP contribution in [0.2, 0.25) is 0 Å². The second-order valence-electron chi connectivity index (χ2n) is 12.8. The number of nitrogens with zero attached hydrogens (tertiary/aromatic N) is 2. The molecule has 2 heterocycles. The second kappa shape index (κ2) is 10.8. The maximum Gasteiger partial charge on any atom is 0.573 e. The number of aryl methyl sites for hydroxylation is 1. The van der Waals surface area contributed by atoms with Crippen LogP contribution >= 0.6 is 0 Å². The van der Waals surface area contributed by atoms with E-state index in [0.717, 1.165) is 35.1 Å². The van der Waals surface area contributed by atoms with Crippen LogP contribution in [-0.4, -0.2) is 35.1 Å². The van der Waals surface area contributed by atoms with E-state index in [-0.39, 0.29) is 24.3 Å². The average Bonchev–Trinajstić information content (AvgIpc) is 3.41. The molecule has 0 bridgehead atoms. The fraction of sp³-hybridized carbons (Fsp3) is 0.333. The number of allylic oxidation sites excluding steroid dienone is 2. The lowest BCUT2D eigenvalue weighted by Gasteiger charge is -2.49. The smallest absolute Gasteiger partial charge is 0.508 e. The number of anilines is 2. The number of carbonyl (C=O) groups is 4. The normalized spacial score (nSPS) is 28.6. The summed E-state index contributed by atoms with van der Waals surface area (Å²) in [5.74, 6) is -7.28. The van der Waals surface area contributed by atoms with Crippen molar-refractivity contribution in [1.29, 1.82) is 0 Å². The van der Waals surface area contributed by atoms with E-state index in [4.69, 9.17) is 0 Å². The SMILES string of the molecule is CCc1ccc(N2C(=O)[C@H]3[C@H](CC=C4[C@H]3C[C@H]3C(=O)N(c5ccccc5)C(=O)[C@@]3(C)[C@H]4c3cc(OC(F)(F)F)ccc3O)C2=O)cc1. The highest BCUT2D eigenvalue weighted by Crippen LogP contribution is 2.64. The molecule has 4 aliphatic rings. The number of phenols is 1. The van der Waals surface area contributed by atoms with Crippen molar-refractivity contribution < 1.29 is 42.2 Å². The van der Waals surface area contributed by atoms with E-state index >= 15 is 0 Å². The minimum absolute atomic E-state index is 0.0338. The lowest BCUT2D eigenvalue weighted by molar-refractivity contribution is -0.274. The number of para-hydroxylation sites is 1. The van der Waals surface area contributed by atoms with E-state index < -0.39 is 70.6 Å². The summed E-state index contributed by atoms with van der Waals surface area (Å²) < 4.78 is 44.1. The molecule has 0 aromatic heterocycles. The summed E-state index contributed by atoms with van der Waals surface area (Å²) in [5.41, 5.74) is 0.754. The molecule has 2 saturated heterocycles. The number of phenolic OH excluding ortho intramolecular Hbond substituents is 1. The first kappa shape index (κ1) is 30.7. The van der Waals surface area contributed by atoms with Gasteiger partial charge in [-0.25, -0.2) is 4.90 Å². The van der Waals surface area contributed by atoms with Crippen LogP contribution in [0, 0.1) is 29.1 Å².